The van der Waals surface area contributed by atoms with Crippen molar-refractivity contribution in [1.82, 2.24) is 4.72 Å². The Morgan fingerprint density at radius 1 is 1.16 bits per heavy atom. The van der Waals surface area contributed by atoms with E-state index in [9.17, 15) is 8.42 Å². The molecule has 132 valence electrons. The summed E-state index contributed by atoms with van der Waals surface area (Å²) in [6, 6.07) is 14.5. The number of amidine groups is 1. The molecule has 2 atom stereocenters. The molecule has 0 radical (unpaired) electrons. The van der Waals surface area contributed by atoms with Crippen LogP contribution in [0.2, 0.25) is 0 Å². The maximum atomic E-state index is 12.5. The van der Waals surface area contributed by atoms with Crippen LogP contribution in [-0.2, 0) is 16.4 Å². The number of alkyl halides is 1. The molecule has 1 N–H and O–H groups in total. The lowest BCUT2D eigenvalue weighted by Crippen LogP contribution is -2.30. The third-order valence-electron chi connectivity index (χ3n) is 4.35. The first-order chi connectivity index (χ1) is 11.9. The van der Waals surface area contributed by atoms with E-state index >= 15 is 0 Å². The lowest BCUT2D eigenvalue weighted by Gasteiger charge is -2.27. The zero-order chi connectivity index (χ0) is 18.0. The van der Waals surface area contributed by atoms with E-state index in [0.717, 1.165) is 24.0 Å². The molecule has 0 saturated heterocycles. The SMILES string of the molecule is CC(=N[C@@H]1c2ccccc2CC[C@H]1Cl)NS(=O)(=O)c1ccc(C)cc1. The molecule has 1 aliphatic rings. The Labute approximate surface area is 154 Å². The van der Waals surface area contributed by atoms with Gasteiger partial charge in [-0.15, -0.1) is 11.6 Å². The summed E-state index contributed by atoms with van der Waals surface area (Å²) < 4.78 is 27.5. The number of halogens is 1. The Morgan fingerprint density at radius 2 is 1.84 bits per heavy atom. The second-order valence-electron chi connectivity index (χ2n) is 6.33. The van der Waals surface area contributed by atoms with Gasteiger partial charge >= 0.3 is 0 Å². The number of aliphatic imine (C=N–C) groups is 1. The molecule has 0 aliphatic heterocycles. The van der Waals surface area contributed by atoms with E-state index in [1.54, 1.807) is 31.2 Å². The van der Waals surface area contributed by atoms with Crippen molar-refractivity contribution >= 4 is 27.5 Å². The highest BCUT2D eigenvalue weighted by Crippen LogP contribution is 2.36. The van der Waals surface area contributed by atoms with Crippen molar-refractivity contribution in [1.29, 1.82) is 0 Å². The Morgan fingerprint density at radius 3 is 2.56 bits per heavy atom. The molecule has 0 saturated carbocycles. The average molecular weight is 377 g/mol. The summed E-state index contributed by atoms with van der Waals surface area (Å²) in [4.78, 5) is 4.80. The zero-order valence-corrected chi connectivity index (χ0v) is 15.8. The molecule has 0 heterocycles. The molecular formula is C19H21ClN2O2S. The van der Waals surface area contributed by atoms with Crippen LogP contribution in [0.15, 0.2) is 58.4 Å². The number of hydrogen-bond acceptors (Lipinski definition) is 3. The molecule has 1 aliphatic carbocycles. The third kappa shape index (κ3) is 4.05. The van der Waals surface area contributed by atoms with Crippen molar-refractivity contribution in [2.75, 3.05) is 0 Å². The fourth-order valence-electron chi connectivity index (χ4n) is 3.05. The number of rotatable bonds is 3. The van der Waals surface area contributed by atoms with Crippen molar-refractivity contribution in [2.45, 2.75) is 43.0 Å². The van der Waals surface area contributed by atoms with Gasteiger partial charge in [-0.05, 0) is 49.9 Å². The molecule has 0 spiro atoms. The van der Waals surface area contributed by atoms with Gasteiger partial charge in [-0.25, -0.2) is 8.42 Å². The minimum Gasteiger partial charge on any atom is -0.267 e. The van der Waals surface area contributed by atoms with Gasteiger partial charge in [-0.2, -0.15) is 0 Å². The second-order valence-corrected chi connectivity index (χ2v) is 8.57. The number of fused-ring (bicyclic) bond motifs is 1. The van der Waals surface area contributed by atoms with Gasteiger partial charge in [0.05, 0.1) is 16.3 Å². The average Bonchev–Trinajstić information content (AvgIpc) is 2.57. The number of nitrogens with zero attached hydrogens (tertiary/aromatic N) is 1. The number of benzene rings is 2. The van der Waals surface area contributed by atoms with E-state index in [2.05, 4.69) is 15.8 Å². The smallest absolute Gasteiger partial charge is 0.262 e. The Balaban J connectivity index is 1.85. The summed E-state index contributed by atoms with van der Waals surface area (Å²) in [5.41, 5.74) is 3.30. The van der Waals surface area contributed by atoms with Crippen LogP contribution in [0.5, 0.6) is 0 Å². The first-order valence-corrected chi connectivity index (χ1v) is 10.1. The van der Waals surface area contributed by atoms with Gasteiger partial charge < -0.3 is 0 Å². The van der Waals surface area contributed by atoms with Gasteiger partial charge in [0.1, 0.15) is 5.84 Å². The minimum absolute atomic E-state index is 0.145. The lowest BCUT2D eigenvalue weighted by atomic mass is 9.87. The van der Waals surface area contributed by atoms with Gasteiger partial charge in [0.25, 0.3) is 10.0 Å². The van der Waals surface area contributed by atoms with Crippen LogP contribution in [0.1, 0.15) is 36.1 Å². The summed E-state index contributed by atoms with van der Waals surface area (Å²) in [5, 5.41) is -0.145. The molecule has 4 nitrogen and oxygen atoms in total. The van der Waals surface area contributed by atoms with Crippen molar-refractivity contribution in [3.63, 3.8) is 0 Å². The van der Waals surface area contributed by atoms with Crippen LogP contribution in [0.3, 0.4) is 0 Å². The van der Waals surface area contributed by atoms with Gasteiger partial charge in [0.15, 0.2) is 0 Å². The molecule has 0 fully saturated rings. The van der Waals surface area contributed by atoms with E-state index in [1.807, 2.05) is 25.1 Å². The highest BCUT2D eigenvalue weighted by atomic mass is 35.5. The van der Waals surface area contributed by atoms with Crippen LogP contribution < -0.4 is 4.72 Å². The standard InChI is InChI=1S/C19H21ClN2O2S/c1-13-7-10-16(11-8-13)25(23,24)22-14(2)21-19-17-6-4-3-5-15(17)9-12-18(19)20/h3-8,10-11,18-19H,9,12H2,1-2H3,(H,21,22)/t18-,19-/m1/s1. The van der Waals surface area contributed by atoms with Gasteiger partial charge in [0.2, 0.25) is 0 Å². The van der Waals surface area contributed by atoms with E-state index in [1.165, 1.54) is 5.56 Å². The summed E-state index contributed by atoms with van der Waals surface area (Å²) in [7, 11) is -3.65. The van der Waals surface area contributed by atoms with Crippen LogP contribution in [0.25, 0.3) is 0 Å². The molecule has 0 aromatic heterocycles. The van der Waals surface area contributed by atoms with Crippen LogP contribution in [0, 0.1) is 6.92 Å². The van der Waals surface area contributed by atoms with Crippen molar-refractivity contribution in [3.05, 3.63) is 65.2 Å². The Kier molecular flexibility index (Phi) is 5.16. The normalized spacial score (nSPS) is 20.8. The summed E-state index contributed by atoms with van der Waals surface area (Å²) in [6.07, 6.45) is 1.75. The predicted molar refractivity (Wildman–Crippen MR) is 102 cm³/mol. The monoisotopic (exact) mass is 376 g/mol. The topological polar surface area (TPSA) is 58.5 Å². The molecule has 3 rings (SSSR count). The maximum absolute atomic E-state index is 12.5. The second kappa shape index (κ2) is 7.18. The molecular weight excluding hydrogens is 356 g/mol. The number of hydrogen-bond donors (Lipinski definition) is 1. The molecule has 2 aromatic rings. The third-order valence-corrected chi connectivity index (χ3v) is 6.27. The first kappa shape index (κ1) is 18.0. The van der Waals surface area contributed by atoms with Gasteiger partial charge in [-0.1, -0.05) is 42.0 Å². The lowest BCUT2D eigenvalue weighted by molar-refractivity contribution is 0.577. The Bertz CT molecular complexity index is 892. The summed E-state index contributed by atoms with van der Waals surface area (Å²) >= 11 is 6.48. The van der Waals surface area contributed by atoms with Gasteiger partial charge in [-0.3, -0.25) is 9.71 Å². The molecule has 0 amide bonds. The molecule has 2 aromatic carbocycles. The molecule has 25 heavy (non-hydrogen) atoms. The Hall–Kier alpha value is -1.85. The van der Waals surface area contributed by atoms with Crippen molar-refractivity contribution in [2.24, 2.45) is 4.99 Å². The van der Waals surface area contributed by atoms with Crippen LogP contribution in [-0.4, -0.2) is 19.6 Å². The number of nitrogens with one attached hydrogen (secondary N) is 1. The highest BCUT2D eigenvalue weighted by Gasteiger charge is 2.28. The largest absolute Gasteiger partial charge is 0.267 e. The molecule has 6 heteroatoms. The highest BCUT2D eigenvalue weighted by molar-refractivity contribution is 7.90. The van der Waals surface area contributed by atoms with Crippen LogP contribution in [0.4, 0.5) is 0 Å². The minimum atomic E-state index is -3.65. The number of aryl methyl sites for hydroxylation is 2. The first-order valence-electron chi connectivity index (χ1n) is 8.22. The van der Waals surface area contributed by atoms with E-state index in [0.29, 0.717) is 5.84 Å². The fraction of sp³-hybridized carbons (Fsp3) is 0.316. The van der Waals surface area contributed by atoms with Crippen LogP contribution >= 0.6 is 11.6 Å². The summed E-state index contributed by atoms with van der Waals surface area (Å²) in [6.45, 7) is 3.57. The van der Waals surface area contributed by atoms with E-state index in [4.69, 9.17) is 11.6 Å². The molecule has 0 unspecified atom stereocenters. The van der Waals surface area contributed by atoms with Gasteiger partial charge in [0, 0.05) is 0 Å². The predicted octanol–water partition coefficient (Wildman–Crippen LogP) is 3.99. The quantitative estimate of drug-likeness (QED) is 0.500. The maximum Gasteiger partial charge on any atom is 0.262 e. The number of sulfonamides is 1. The van der Waals surface area contributed by atoms with Crippen molar-refractivity contribution in [3.8, 4) is 0 Å². The van der Waals surface area contributed by atoms with E-state index < -0.39 is 10.0 Å². The fourth-order valence-corrected chi connectivity index (χ4v) is 4.41. The summed E-state index contributed by atoms with van der Waals surface area (Å²) in [5.74, 6) is 0.341. The zero-order valence-electron chi connectivity index (χ0n) is 14.2. The molecule has 0 bridgehead atoms. The van der Waals surface area contributed by atoms with Crippen molar-refractivity contribution < 1.29 is 8.42 Å². The van der Waals surface area contributed by atoms with E-state index in [-0.39, 0.29) is 16.3 Å².